The molecule has 0 bridgehead atoms. The highest BCUT2D eigenvalue weighted by Crippen LogP contribution is 2.27. The minimum atomic E-state index is 0.418. The molecule has 0 atom stereocenters. The van der Waals surface area contributed by atoms with Gasteiger partial charge in [-0.3, -0.25) is 4.63 Å². The van der Waals surface area contributed by atoms with E-state index in [9.17, 15) is 5.21 Å². The van der Waals surface area contributed by atoms with Crippen LogP contribution in [0, 0.1) is 37.8 Å². The fourth-order valence-corrected chi connectivity index (χ4v) is 2.88. The van der Waals surface area contributed by atoms with Crippen LogP contribution in [0.3, 0.4) is 0 Å². The first-order chi connectivity index (χ1) is 11.0. The fourth-order valence-electron chi connectivity index (χ4n) is 2.88. The Kier molecular flexibility index (Phi) is 5.81. The van der Waals surface area contributed by atoms with E-state index in [4.69, 9.17) is 4.63 Å². The van der Waals surface area contributed by atoms with E-state index in [2.05, 4.69) is 36.1 Å². The monoisotopic (exact) mass is 312 g/mol. The van der Waals surface area contributed by atoms with E-state index >= 15 is 0 Å². The van der Waals surface area contributed by atoms with Gasteiger partial charge in [-0.05, 0) is 49.1 Å². The molecule has 0 saturated heterocycles. The highest BCUT2D eigenvalue weighted by atomic mass is 16.8. The van der Waals surface area contributed by atoms with Crippen molar-refractivity contribution in [2.24, 2.45) is 0 Å². The number of hydrogen-bond acceptors (Lipinski definition) is 3. The molecule has 0 aliphatic rings. The summed E-state index contributed by atoms with van der Waals surface area (Å²) >= 11 is 0. The Morgan fingerprint density at radius 3 is 2.48 bits per heavy atom. The molecular formula is C19H24N2O2. The summed E-state index contributed by atoms with van der Waals surface area (Å²) in [5, 5.41) is 15.9. The smallest absolute Gasteiger partial charge is 0.299 e. The Bertz CT molecular complexity index is 713. The van der Waals surface area contributed by atoms with Crippen LogP contribution in [-0.4, -0.2) is 5.16 Å². The van der Waals surface area contributed by atoms with Gasteiger partial charge in [0.05, 0.1) is 5.16 Å². The van der Waals surface area contributed by atoms with Gasteiger partial charge < -0.3 is 5.21 Å². The van der Waals surface area contributed by atoms with Crippen LogP contribution >= 0.6 is 0 Å². The van der Waals surface area contributed by atoms with Crippen molar-refractivity contribution in [1.82, 2.24) is 5.16 Å². The van der Waals surface area contributed by atoms with Crippen molar-refractivity contribution in [3.63, 3.8) is 0 Å². The first-order valence-corrected chi connectivity index (χ1v) is 8.21. The molecule has 122 valence electrons. The molecular weight excluding hydrogens is 288 g/mol. The Labute approximate surface area is 138 Å². The average Bonchev–Trinajstić information content (AvgIpc) is 2.83. The largest absolute Gasteiger partial charge is 0.359 e. The van der Waals surface area contributed by atoms with Crippen molar-refractivity contribution in [2.45, 2.75) is 59.8 Å². The first kappa shape index (κ1) is 17.1. The van der Waals surface area contributed by atoms with Gasteiger partial charge in [0.15, 0.2) is 0 Å². The van der Waals surface area contributed by atoms with Crippen LogP contribution in [0.4, 0.5) is 0 Å². The summed E-state index contributed by atoms with van der Waals surface area (Å²) in [7, 11) is 0. The molecule has 1 aromatic heterocycles. The zero-order valence-corrected chi connectivity index (χ0v) is 14.4. The van der Waals surface area contributed by atoms with Crippen LogP contribution < -0.4 is 4.90 Å². The number of benzene rings is 1. The van der Waals surface area contributed by atoms with Gasteiger partial charge in [0.25, 0.3) is 5.69 Å². The molecule has 4 nitrogen and oxygen atoms in total. The van der Waals surface area contributed by atoms with Crippen molar-refractivity contribution >= 4 is 0 Å². The van der Waals surface area contributed by atoms with Crippen LogP contribution in [0.25, 0.3) is 11.3 Å². The molecule has 2 aromatic rings. The minimum Gasteiger partial charge on any atom is -0.359 e. The molecule has 0 saturated carbocycles. The molecule has 1 heterocycles. The summed E-state index contributed by atoms with van der Waals surface area (Å²) < 4.78 is 4.79. The Morgan fingerprint density at radius 2 is 1.83 bits per heavy atom. The number of unbranched alkanes of at least 4 members (excludes halogenated alkanes) is 4. The van der Waals surface area contributed by atoms with Crippen molar-refractivity contribution in [2.75, 3.05) is 0 Å². The van der Waals surface area contributed by atoms with E-state index in [0.717, 1.165) is 29.5 Å². The summed E-state index contributed by atoms with van der Waals surface area (Å²) in [6.07, 6.45) is 5.53. The lowest BCUT2D eigenvalue weighted by Crippen LogP contribution is -2.26. The molecule has 0 spiro atoms. The summed E-state index contributed by atoms with van der Waals surface area (Å²) in [5.74, 6) is 6.11. The summed E-state index contributed by atoms with van der Waals surface area (Å²) in [6.45, 7) is 8.21. The third-order valence-electron chi connectivity index (χ3n) is 3.89. The first-order valence-electron chi connectivity index (χ1n) is 8.21. The third kappa shape index (κ3) is 4.13. The highest BCUT2D eigenvalue weighted by Gasteiger charge is 2.23. The summed E-state index contributed by atoms with van der Waals surface area (Å²) in [6, 6.07) is 4.11. The molecule has 0 fully saturated rings. The molecule has 0 unspecified atom stereocenters. The Hall–Kier alpha value is -2.28. The fraction of sp³-hybridized carbons (Fsp3) is 0.474. The maximum absolute atomic E-state index is 12.0. The van der Waals surface area contributed by atoms with Crippen LogP contribution in [-0.2, 0) is 0 Å². The highest BCUT2D eigenvalue weighted by molar-refractivity contribution is 5.70. The second-order valence-electron chi connectivity index (χ2n) is 6.01. The van der Waals surface area contributed by atoms with Crippen molar-refractivity contribution in [3.8, 4) is 23.1 Å². The Balaban J connectivity index is 2.28. The van der Waals surface area contributed by atoms with Gasteiger partial charge in [0, 0.05) is 12.0 Å². The molecule has 0 radical (unpaired) electrons. The Morgan fingerprint density at radius 1 is 1.13 bits per heavy atom. The van der Waals surface area contributed by atoms with Gasteiger partial charge in [-0.15, -0.1) is 0 Å². The molecule has 23 heavy (non-hydrogen) atoms. The zero-order valence-electron chi connectivity index (χ0n) is 14.4. The van der Waals surface area contributed by atoms with Gasteiger partial charge >= 0.3 is 0 Å². The van der Waals surface area contributed by atoms with Crippen LogP contribution in [0.5, 0.6) is 0 Å². The maximum atomic E-state index is 12.0. The molecule has 0 amide bonds. The predicted octanol–water partition coefficient (Wildman–Crippen LogP) is 4.22. The minimum absolute atomic E-state index is 0.418. The van der Waals surface area contributed by atoms with E-state index in [1.807, 2.05) is 20.8 Å². The van der Waals surface area contributed by atoms with Crippen LogP contribution in [0.1, 0.15) is 61.4 Å². The molecule has 2 rings (SSSR count). The lowest BCUT2D eigenvalue weighted by molar-refractivity contribution is -0.793. The van der Waals surface area contributed by atoms with Gasteiger partial charge in [0.1, 0.15) is 0 Å². The molecule has 4 heteroatoms. The third-order valence-corrected chi connectivity index (χ3v) is 3.89. The summed E-state index contributed by atoms with van der Waals surface area (Å²) in [5.41, 5.74) is 4.93. The number of aryl methyl sites for hydroxylation is 3. The normalized spacial score (nSPS) is 10.4. The van der Waals surface area contributed by atoms with Gasteiger partial charge in [0.2, 0.25) is 5.69 Å². The van der Waals surface area contributed by atoms with E-state index < -0.39 is 0 Å². The van der Waals surface area contributed by atoms with Crippen LogP contribution in [0.2, 0.25) is 0 Å². The lowest BCUT2D eigenvalue weighted by Gasteiger charge is -2.08. The molecule has 1 aromatic carbocycles. The van der Waals surface area contributed by atoms with Crippen molar-refractivity contribution < 1.29 is 9.53 Å². The van der Waals surface area contributed by atoms with Crippen molar-refractivity contribution in [1.29, 1.82) is 0 Å². The van der Waals surface area contributed by atoms with E-state index in [1.54, 1.807) is 0 Å². The number of hydrogen-bond donors (Lipinski definition) is 0. The number of nitrogens with zero attached hydrogens (tertiary/aromatic N) is 2. The lowest BCUT2D eigenvalue weighted by atomic mass is 9.96. The number of aromatic nitrogens is 2. The predicted molar refractivity (Wildman–Crippen MR) is 90.7 cm³/mol. The zero-order chi connectivity index (χ0) is 16.8. The molecule has 0 aliphatic heterocycles. The van der Waals surface area contributed by atoms with Crippen LogP contribution in [0.15, 0.2) is 16.8 Å². The average molecular weight is 312 g/mol. The number of rotatable bonds is 5. The van der Waals surface area contributed by atoms with Gasteiger partial charge in [-0.2, -0.15) is 0 Å². The van der Waals surface area contributed by atoms with E-state index in [-0.39, 0.29) is 0 Å². The topological polar surface area (TPSA) is 53.0 Å². The molecule has 0 aliphatic carbocycles. The second kappa shape index (κ2) is 7.82. The van der Waals surface area contributed by atoms with Gasteiger partial charge in [-0.25, -0.2) is 0 Å². The quantitative estimate of drug-likeness (QED) is 0.472. The van der Waals surface area contributed by atoms with Crippen molar-refractivity contribution in [3.05, 3.63) is 39.7 Å². The van der Waals surface area contributed by atoms with E-state index in [0.29, 0.717) is 16.3 Å². The maximum Gasteiger partial charge on any atom is 0.299 e. The van der Waals surface area contributed by atoms with E-state index in [1.165, 1.54) is 24.8 Å². The standard InChI is InChI=1S/C19H24N2O2/c1-5-6-7-8-9-10-11-17-19(21(22)23-20-17)18-15(3)12-14(2)13-16(18)4/h12-13H,5-9H2,1-4H3. The summed E-state index contributed by atoms with van der Waals surface area (Å²) in [4.78, 5) is 0.464. The second-order valence-corrected chi connectivity index (χ2v) is 6.01. The van der Waals surface area contributed by atoms with Gasteiger partial charge in [-0.1, -0.05) is 49.8 Å². The SMILES string of the molecule is CCCCCCC#Cc1no[n+]([O-])c1-c1c(C)cc(C)cc1C. The molecule has 0 N–H and O–H groups in total.